The molecule has 1 aromatic carbocycles. The van der Waals surface area contributed by atoms with Gasteiger partial charge in [-0.05, 0) is 44.3 Å². The summed E-state index contributed by atoms with van der Waals surface area (Å²) >= 11 is 0. The lowest BCUT2D eigenvalue weighted by Gasteiger charge is -2.34. The van der Waals surface area contributed by atoms with Gasteiger partial charge in [-0.2, -0.15) is 0 Å². The van der Waals surface area contributed by atoms with Crippen LogP contribution in [0.4, 0.5) is 0 Å². The van der Waals surface area contributed by atoms with Crippen LogP contribution >= 0.6 is 0 Å². The van der Waals surface area contributed by atoms with E-state index in [4.69, 9.17) is 0 Å². The predicted molar refractivity (Wildman–Crippen MR) is 82.5 cm³/mol. The van der Waals surface area contributed by atoms with Crippen LogP contribution in [0, 0.1) is 0 Å². The van der Waals surface area contributed by atoms with Crippen molar-refractivity contribution in [3.05, 3.63) is 35.9 Å². The van der Waals surface area contributed by atoms with Gasteiger partial charge in [0.2, 0.25) is 0 Å². The topological polar surface area (TPSA) is 15.3 Å². The van der Waals surface area contributed by atoms with E-state index in [0.717, 1.165) is 0 Å². The summed E-state index contributed by atoms with van der Waals surface area (Å²) in [5.74, 6) is 0. The molecule has 1 unspecified atom stereocenters. The van der Waals surface area contributed by atoms with E-state index in [2.05, 4.69) is 54.4 Å². The van der Waals surface area contributed by atoms with Gasteiger partial charge in [0.15, 0.2) is 0 Å². The molecule has 1 saturated heterocycles. The Morgan fingerprint density at radius 1 is 1.26 bits per heavy atom. The van der Waals surface area contributed by atoms with E-state index in [-0.39, 0.29) is 0 Å². The van der Waals surface area contributed by atoms with Crippen LogP contribution in [0.25, 0.3) is 0 Å². The molecule has 0 radical (unpaired) electrons. The number of hydrogen-bond acceptors (Lipinski definition) is 2. The van der Waals surface area contributed by atoms with Crippen LogP contribution in [0.15, 0.2) is 30.3 Å². The zero-order valence-corrected chi connectivity index (χ0v) is 12.4. The molecule has 0 saturated carbocycles. The Kier molecular flexibility index (Phi) is 5.87. The van der Waals surface area contributed by atoms with E-state index in [1.165, 1.54) is 50.9 Å². The molecule has 2 heteroatoms. The Bertz CT molecular complexity index is 348. The lowest BCUT2D eigenvalue weighted by atomic mass is 10.0. The first-order chi connectivity index (χ1) is 9.24. The largest absolute Gasteiger partial charge is 0.311 e. The number of hydrogen-bond donors (Lipinski definition) is 1. The fourth-order valence-corrected chi connectivity index (χ4v) is 3.02. The molecule has 0 bridgehead atoms. The molecule has 1 aromatic rings. The van der Waals surface area contributed by atoms with Crippen molar-refractivity contribution in [2.45, 2.75) is 51.6 Å². The number of benzene rings is 1. The molecule has 0 spiro atoms. The van der Waals surface area contributed by atoms with Crippen molar-refractivity contribution in [3.8, 4) is 0 Å². The number of rotatable bonds is 6. The zero-order chi connectivity index (χ0) is 13.5. The lowest BCUT2D eigenvalue weighted by Crippen LogP contribution is -2.48. The highest BCUT2D eigenvalue weighted by Gasteiger charge is 2.19. The molecular weight excluding hydrogens is 232 g/mol. The van der Waals surface area contributed by atoms with Crippen LogP contribution in [-0.4, -0.2) is 36.6 Å². The molecule has 2 nitrogen and oxygen atoms in total. The highest BCUT2D eigenvalue weighted by atomic mass is 15.2. The van der Waals surface area contributed by atoms with Crippen molar-refractivity contribution in [1.29, 1.82) is 0 Å². The minimum atomic E-state index is 0.606. The first kappa shape index (κ1) is 14.5. The van der Waals surface area contributed by atoms with Gasteiger partial charge in [-0.3, -0.25) is 0 Å². The average Bonchev–Trinajstić information content (AvgIpc) is 2.40. The third-order valence-corrected chi connectivity index (χ3v) is 3.86. The van der Waals surface area contributed by atoms with Crippen LogP contribution in [-0.2, 0) is 6.42 Å². The van der Waals surface area contributed by atoms with Crippen molar-refractivity contribution in [1.82, 2.24) is 10.2 Å². The number of likely N-dealkylation sites (tertiary alicyclic amines) is 1. The zero-order valence-electron chi connectivity index (χ0n) is 12.4. The van der Waals surface area contributed by atoms with Crippen LogP contribution in [0.5, 0.6) is 0 Å². The Hall–Kier alpha value is -0.860. The summed E-state index contributed by atoms with van der Waals surface area (Å²) in [5, 5.41) is 3.68. The Labute approximate surface area is 118 Å². The highest BCUT2D eigenvalue weighted by molar-refractivity contribution is 5.14. The molecule has 0 aliphatic carbocycles. The van der Waals surface area contributed by atoms with Crippen LogP contribution in [0.1, 0.15) is 38.7 Å². The number of piperidine rings is 1. The van der Waals surface area contributed by atoms with Gasteiger partial charge in [-0.1, -0.05) is 44.2 Å². The van der Waals surface area contributed by atoms with Crippen LogP contribution in [0.2, 0.25) is 0 Å². The Morgan fingerprint density at radius 2 is 2.05 bits per heavy atom. The lowest BCUT2D eigenvalue weighted by molar-refractivity contribution is 0.184. The molecule has 0 amide bonds. The van der Waals surface area contributed by atoms with Crippen molar-refractivity contribution < 1.29 is 0 Å². The first-order valence-corrected chi connectivity index (χ1v) is 7.76. The second-order valence-electron chi connectivity index (χ2n) is 6.05. The van der Waals surface area contributed by atoms with Gasteiger partial charge < -0.3 is 10.2 Å². The molecular formula is C17H28N2. The molecule has 106 valence electrons. The van der Waals surface area contributed by atoms with Gasteiger partial charge >= 0.3 is 0 Å². The number of nitrogens with zero attached hydrogens (tertiary/aromatic N) is 1. The molecule has 1 N–H and O–H groups in total. The van der Waals surface area contributed by atoms with Gasteiger partial charge in [0, 0.05) is 18.6 Å². The quantitative estimate of drug-likeness (QED) is 0.845. The fraction of sp³-hybridized carbons (Fsp3) is 0.647. The molecule has 1 fully saturated rings. The Morgan fingerprint density at radius 3 is 2.79 bits per heavy atom. The molecule has 1 aliphatic heterocycles. The van der Waals surface area contributed by atoms with E-state index in [1.54, 1.807) is 0 Å². The number of nitrogens with one attached hydrogen (secondary N) is 1. The summed E-state index contributed by atoms with van der Waals surface area (Å²) < 4.78 is 0. The van der Waals surface area contributed by atoms with E-state index in [1.807, 2.05) is 0 Å². The van der Waals surface area contributed by atoms with E-state index in [0.29, 0.717) is 12.1 Å². The standard InChI is InChI=1S/C17H28N2/c1-15(2)18-17-11-7-13-19(14-17)12-6-10-16-8-4-3-5-9-16/h3-5,8-9,15,17-18H,6-7,10-14H2,1-2H3. The minimum absolute atomic E-state index is 0.606. The maximum absolute atomic E-state index is 3.68. The predicted octanol–water partition coefficient (Wildman–Crippen LogP) is 3.08. The van der Waals surface area contributed by atoms with Gasteiger partial charge in [0.05, 0.1) is 0 Å². The molecule has 0 aromatic heterocycles. The van der Waals surface area contributed by atoms with Crippen LogP contribution in [0.3, 0.4) is 0 Å². The second kappa shape index (κ2) is 7.66. The van der Waals surface area contributed by atoms with Gasteiger partial charge in [-0.25, -0.2) is 0 Å². The van der Waals surface area contributed by atoms with Crippen molar-refractivity contribution in [2.75, 3.05) is 19.6 Å². The van der Waals surface area contributed by atoms with Gasteiger partial charge in [0.25, 0.3) is 0 Å². The normalized spacial score (nSPS) is 20.9. The summed E-state index contributed by atoms with van der Waals surface area (Å²) in [7, 11) is 0. The minimum Gasteiger partial charge on any atom is -0.311 e. The summed E-state index contributed by atoms with van der Waals surface area (Å²) in [5.41, 5.74) is 1.47. The molecule has 1 atom stereocenters. The SMILES string of the molecule is CC(C)NC1CCCN(CCCc2ccccc2)C1. The van der Waals surface area contributed by atoms with Gasteiger partial charge in [0.1, 0.15) is 0 Å². The van der Waals surface area contributed by atoms with E-state index < -0.39 is 0 Å². The maximum atomic E-state index is 3.68. The summed E-state index contributed by atoms with van der Waals surface area (Å²) in [6.07, 6.45) is 5.17. The first-order valence-electron chi connectivity index (χ1n) is 7.76. The molecule has 19 heavy (non-hydrogen) atoms. The van der Waals surface area contributed by atoms with Gasteiger partial charge in [-0.15, -0.1) is 0 Å². The third kappa shape index (κ3) is 5.33. The molecule has 1 heterocycles. The monoisotopic (exact) mass is 260 g/mol. The molecule has 2 rings (SSSR count). The van der Waals surface area contributed by atoms with E-state index in [9.17, 15) is 0 Å². The highest BCUT2D eigenvalue weighted by Crippen LogP contribution is 2.12. The van der Waals surface area contributed by atoms with Crippen molar-refractivity contribution in [2.24, 2.45) is 0 Å². The smallest absolute Gasteiger partial charge is 0.0197 e. The average molecular weight is 260 g/mol. The second-order valence-corrected chi connectivity index (χ2v) is 6.05. The van der Waals surface area contributed by atoms with Crippen LogP contribution < -0.4 is 5.32 Å². The third-order valence-electron chi connectivity index (χ3n) is 3.86. The Balaban J connectivity index is 1.68. The fourth-order valence-electron chi connectivity index (χ4n) is 3.02. The summed E-state index contributed by atoms with van der Waals surface area (Å²) in [6, 6.07) is 12.1. The van der Waals surface area contributed by atoms with E-state index >= 15 is 0 Å². The molecule has 1 aliphatic rings. The summed E-state index contributed by atoms with van der Waals surface area (Å²) in [6.45, 7) is 8.24. The number of aryl methyl sites for hydroxylation is 1. The summed E-state index contributed by atoms with van der Waals surface area (Å²) in [4.78, 5) is 2.63. The van der Waals surface area contributed by atoms with Crippen molar-refractivity contribution >= 4 is 0 Å². The van der Waals surface area contributed by atoms with Crippen molar-refractivity contribution in [3.63, 3.8) is 0 Å². The maximum Gasteiger partial charge on any atom is 0.0197 e.